The monoisotopic (exact) mass is 304 g/mol. The number of aromatic amines is 1. The molecular weight excluding hydrogens is 299 g/mol. The van der Waals surface area contributed by atoms with Gasteiger partial charge in [0.1, 0.15) is 9.26 Å². The molecule has 0 aliphatic rings. The molecule has 0 radical (unpaired) electrons. The van der Waals surface area contributed by atoms with Gasteiger partial charge >= 0.3 is 0 Å². The number of hydrogen-bond acceptors (Lipinski definition) is 5. The maximum Gasteiger partial charge on any atom is 0.264 e. The molecule has 2 heterocycles. The third-order valence-electron chi connectivity index (χ3n) is 1.57. The van der Waals surface area contributed by atoms with Crippen LogP contribution in [0.3, 0.4) is 0 Å². The van der Waals surface area contributed by atoms with Gasteiger partial charge in [-0.25, -0.2) is 5.10 Å². The van der Waals surface area contributed by atoms with Crippen LogP contribution in [0.1, 0.15) is 0 Å². The van der Waals surface area contributed by atoms with Crippen molar-refractivity contribution in [2.45, 2.75) is 0 Å². The Morgan fingerprint density at radius 2 is 2.29 bits per heavy atom. The molecule has 0 amide bonds. The second kappa shape index (κ2) is 3.40. The normalized spacial score (nSPS) is 10.4. The molecule has 0 saturated heterocycles. The smallest absolute Gasteiger partial charge is 0.264 e. The molecule has 7 heteroatoms. The van der Waals surface area contributed by atoms with Crippen LogP contribution in [0.25, 0.3) is 11.5 Å². The van der Waals surface area contributed by atoms with E-state index in [1.54, 1.807) is 6.07 Å². The summed E-state index contributed by atoms with van der Waals surface area (Å²) >= 11 is 2.00. The molecular formula is C7H5IN4O2. The van der Waals surface area contributed by atoms with Crippen molar-refractivity contribution >= 4 is 28.4 Å². The largest absolute Gasteiger partial charge is 0.380 e. The number of nitrogens with two attached hydrogens (primary N) is 1. The van der Waals surface area contributed by atoms with E-state index in [1.807, 2.05) is 22.6 Å². The first-order valence-corrected chi connectivity index (χ1v) is 4.73. The number of hydrogen-bond donors (Lipinski definition) is 2. The Morgan fingerprint density at radius 1 is 1.50 bits per heavy atom. The summed E-state index contributed by atoms with van der Waals surface area (Å²) in [7, 11) is 0. The fourth-order valence-corrected chi connectivity index (χ4v) is 1.39. The summed E-state index contributed by atoms with van der Waals surface area (Å²) in [5.74, 6) is 0.771. The summed E-state index contributed by atoms with van der Waals surface area (Å²) in [6.45, 7) is 0. The summed E-state index contributed by atoms with van der Waals surface area (Å²) in [5.41, 5.74) is 5.73. The Bertz CT molecular complexity index is 498. The lowest BCUT2D eigenvalue weighted by atomic mass is 10.3. The van der Waals surface area contributed by atoms with Gasteiger partial charge in [0.05, 0.1) is 0 Å². The third kappa shape index (κ3) is 1.50. The van der Waals surface area contributed by atoms with E-state index in [-0.39, 0.29) is 5.56 Å². The minimum Gasteiger partial charge on any atom is -0.380 e. The van der Waals surface area contributed by atoms with Gasteiger partial charge < -0.3 is 10.3 Å². The zero-order valence-electron chi connectivity index (χ0n) is 6.82. The average Bonchev–Trinajstić information content (AvgIpc) is 2.50. The Morgan fingerprint density at radius 3 is 2.79 bits per heavy atom. The van der Waals surface area contributed by atoms with Gasteiger partial charge in [-0.3, -0.25) is 4.79 Å². The molecule has 0 aromatic carbocycles. The van der Waals surface area contributed by atoms with Gasteiger partial charge in [0.2, 0.25) is 5.76 Å². The Labute approximate surface area is 91.6 Å². The Kier molecular flexibility index (Phi) is 2.23. The first kappa shape index (κ1) is 9.19. The third-order valence-corrected chi connectivity index (χ3v) is 2.61. The van der Waals surface area contributed by atoms with Crippen molar-refractivity contribution in [3.05, 3.63) is 26.1 Å². The van der Waals surface area contributed by atoms with E-state index in [1.165, 1.54) is 6.07 Å². The van der Waals surface area contributed by atoms with Crippen molar-refractivity contribution in [1.82, 2.24) is 15.4 Å². The van der Waals surface area contributed by atoms with Crippen molar-refractivity contribution in [1.29, 1.82) is 0 Å². The van der Waals surface area contributed by atoms with Crippen molar-refractivity contribution in [3.8, 4) is 11.5 Å². The lowest BCUT2D eigenvalue weighted by Gasteiger charge is -1.92. The lowest BCUT2D eigenvalue weighted by Crippen LogP contribution is -2.05. The average molecular weight is 304 g/mol. The van der Waals surface area contributed by atoms with Crippen molar-refractivity contribution in [3.63, 3.8) is 0 Å². The van der Waals surface area contributed by atoms with Crippen LogP contribution in [0, 0.1) is 3.57 Å². The molecule has 0 unspecified atom stereocenters. The Hall–Kier alpha value is -1.38. The van der Waals surface area contributed by atoms with Crippen LogP contribution in [0.15, 0.2) is 21.5 Å². The number of anilines is 1. The molecule has 2 rings (SSSR count). The molecule has 14 heavy (non-hydrogen) atoms. The number of rotatable bonds is 1. The highest BCUT2D eigenvalue weighted by molar-refractivity contribution is 14.1. The number of nitrogens with one attached hydrogen (secondary N) is 1. The number of aromatic nitrogens is 3. The number of halogens is 1. The highest BCUT2D eigenvalue weighted by Crippen LogP contribution is 2.26. The summed E-state index contributed by atoms with van der Waals surface area (Å²) in [5, 5.41) is 9.67. The van der Waals surface area contributed by atoms with Gasteiger partial charge in [0.15, 0.2) is 5.82 Å². The molecule has 3 N–H and O–H groups in total. The predicted molar refractivity (Wildman–Crippen MR) is 57.5 cm³/mol. The molecule has 0 aliphatic carbocycles. The van der Waals surface area contributed by atoms with Gasteiger partial charge in [-0.2, -0.15) is 5.10 Å². The first-order valence-electron chi connectivity index (χ1n) is 3.65. The summed E-state index contributed by atoms with van der Waals surface area (Å²) in [6, 6.07) is 2.90. The molecule has 2 aromatic heterocycles. The Balaban J connectivity index is 2.55. The number of nitrogens with zero attached hydrogens (tertiary/aromatic N) is 2. The van der Waals surface area contributed by atoms with E-state index in [4.69, 9.17) is 10.3 Å². The summed E-state index contributed by atoms with van der Waals surface area (Å²) < 4.78 is 5.64. The molecule has 0 aliphatic heterocycles. The van der Waals surface area contributed by atoms with Gasteiger partial charge in [-0.15, -0.1) is 0 Å². The highest BCUT2D eigenvalue weighted by Gasteiger charge is 2.13. The zero-order valence-corrected chi connectivity index (χ0v) is 8.98. The quantitative estimate of drug-likeness (QED) is 0.752. The molecule has 6 nitrogen and oxygen atoms in total. The van der Waals surface area contributed by atoms with E-state index < -0.39 is 0 Å². The molecule has 72 valence electrons. The van der Waals surface area contributed by atoms with Gasteiger partial charge in [-0.05, 0) is 28.7 Å². The van der Waals surface area contributed by atoms with Crippen LogP contribution in [-0.2, 0) is 0 Å². The van der Waals surface area contributed by atoms with Gasteiger partial charge in [-0.1, -0.05) is 5.16 Å². The lowest BCUT2D eigenvalue weighted by molar-refractivity contribution is 0.433. The fourth-order valence-electron chi connectivity index (χ4n) is 0.921. The molecule has 2 aromatic rings. The van der Waals surface area contributed by atoms with Crippen molar-refractivity contribution < 1.29 is 4.52 Å². The standard InChI is InChI=1S/C7H5IN4O2/c8-5-6(14-12-7(5)9)3-1-2-4(13)11-10-3/h1-2H,(H2,9,12)(H,11,13). The molecule has 0 atom stereocenters. The van der Waals surface area contributed by atoms with Gasteiger partial charge in [0, 0.05) is 6.07 Å². The van der Waals surface area contributed by atoms with Crippen LogP contribution in [0.5, 0.6) is 0 Å². The first-order chi connectivity index (χ1) is 6.68. The van der Waals surface area contributed by atoms with Crippen molar-refractivity contribution in [2.24, 2.45) is 0 Å². The van der Waals surface area contributed by atoms with Crippen LogP contribution in [0.2, 0.25) is 0 Å². The summed E-state index contributed by atoms with van der Waals surface area (Å²) in [4.78, 5) is 10.8. The minimum atomic E-state index is -0.267. The molecule has 0 fully saturated rings. The van der Waals surface area contributed by atoms with E-state index in [2.05, 4.69) is 15.4 Å². The van der Waals surface area contributed by atoms with E-state index in [0.29, 0.717) is 20.8 Å². The highest BCUT2D eigenvalue weighted by atomic mass is 127. The fraction of sp³-hybridized carbons (Fsp3) is 0. The second-order valence-electron chi connectivity index (χ2n) is 2.52. The van der Waals surface area contributed by atoms with E-state index in [9.17, 15) is 4.79 Å². The topological polar surface area (TPSA) is 97.8 Å². The predicted octanol–water partition coefficient (Wildman–Crippen LogP) is 0.612. The van der Waals surface area contributed by atoms with Crippen LogP contribution in [0.4, 0.5) is 5.82 Å². The van der Waals surface area contributed by atoms with E-state index >= 15 is 0 Å². The summed E-state index contributed by atoms with van der Waals surface area (Å²) in [6.07, 6.45) is 0. The second-order valence-corrected chi connectivity index (χ2v) is 3.60. The van der Waals surface area contributed by atoms with Crippen molar-refractivity contribution in [2.75, 3.05) is 5.73 Å². The molecule has 0 spiro atoms. The molecule has 0 bridgehead atoms. The number of H-pyrrole nitrogens is 1. The minimum absolute atomic E-state index is 0.267. The van der Waals surface area contributed by atoms with E-state index in [0.717, 1.165) is 0 Å². The van der Waals surface area contributed by atoms with Crippen LogP contribution < -0.4 is 11.3 Å². The van der Waals surface area contributed by atoms with Crippen LogP contribution >= 0.6 is 22.6 Å². The zero-order chi connectivity index (χ0) is 10.1. The van der Waals surface area contributed by atoms with Gasteiger partial charge in [0.25, 0.3) is 5.56 Å². The number of nitrogen functional groups attached to an aromatic ring is 1. The van der Waals surface area contributed by atoms with Crippen LogP contribution in [-0.4, -0.2) is 15.4 Å². The molecule has 0 saturated carbocycles. The maximum atomic E-state index is 10.8. The maximum absolute atomic E-state index is 10.8. The SMILES string of the molecule is Nc1noc(-c2ccc(=O)[nH]n2)c1I.